The summed E-state index contributed by atoms with van der Waals surface area (Å²) < 4.78 is 7.38. The zero-order valence-corrected chi connectivity index (χ0v) is 15.6. The van der Waals surface area contributed by atoms with E-state index >= 15 is 0 Å². The lowest BCUT2D eigenvalue weighted by Crippen LogP contribution is -2.42. The first kappa shape index (κ1) is 17.1. The first-order valence-corrected chi connectivity index (χ1v) is 9.30. The fourth-order valence-corrected chi connectivity index (χ4v) is 3.39. The zero-order chi connectivity index (χ0) is 18.5. The van der Waals surface area contributed by atoms with Crippen LogP contribution in [0, 0.1) is 0 Å². The van der Waals surface area contributed by atoms with E-state index in [-0.39, 0.29) is 12.1 Å². The number of fused-ring (bicyclic) bond motifs is 1. The van der Waals surface area contributed by atoms with Crippen molar-refractivity contribution in [1.29, 1.82) is 0 Å². The van der Waals surface area contributed by atoms with Gasteiger partial charge in [0.25, 0.3) is 0 Å². The van der Waals surface area contributed by atoms with Crippen molar-refractivity contribution in [3.05, 3.63) is 11.9 Å². The molecule has 8 nitrogen and oxygen atoms in total. The first-order valence-electron chi connectivity index (χ1n) is 9.30. The van der Waals surface area contributed by atoms with E-state index in [1.54, 1.807) is 4.90 Å². The maximum atomic E-state index is 12.2. The van der Waals surface area contributed by atoms with Crippen molar-refractivity contribution in [1.82, 2.24) is 24.6 Å². The Labute approximate surface area is 152 Å². The van der Waals surface area contributed by atoms with Crippen molar-refractivity contribution in [3.63, 3.8) is 0 Å². The standard InChI is InChI=1S/C18H26N6O2/c1-18(2,3)26-17(25)23-8-6-12(7-9-23)24-16-14(15(19)22-24)20-10-13(21-16)11-4-5-11/h10-12H,4-9H2,1-3H3,(H2,19,22). The van der Waals surface area contributed by atoms with Crippen LogP contribution in [0.3, 0.4) is 0 Å². The first-order chi connectivity index (χ1) is 12.3. The minimum Gasteiger partial charge on any atom is -0.444 e. The van der Waals surface area contributed by atoms with Crippen molar-refractivity contribution < 1.29 is 9.53 Å². The molecule has 1 aliphatic carbocycles. The van der Waals surface area contributed by atoms with Gasteiger partial charge in [-0.25, -0.2) is 19.4 Å². The lowest BCUT2D eigenvalue weighted by Gasteiger charge is -2.33. The Kier molecular flexibility index (Phi) is 4.00. The number of likely N-dealkylation sites (tertiary alicyclic amines) is 1. The van der Waals surface area contributed by atoms with Gasteiger partial charge in [-0.3, -0.25) is 0 Å². The number of nitrogens with zero attached hydrogens (tertiary/aromatic N) is 5. The van der Waals surface area contributed by atoms with E-state index in [2.05, 4.69) is 10.1 Å². The van der Waals surface area contributed by atoms with Crippen LogP contribution in [0.25, 0.3) is 11.2 Å². The molecule has 0 unspecified atom stereocenters. The fourth-order valence-electron chi connectivity index (χ4n) is 3.39. The monoisotopic (exact) mass is 358 g/mol. The van der Waals surface area contributed by atoms with Gasteiger partial charge in [0.05, 0.1) is 11.7 Å². The third kappa shape index (κ3) is 3.32. The minimum absolute atomic E-state index is 0.164. The minimum atomic E-state index is -0.477. The van der Waals surface area contributed by atoms with Crippen LogP contribution in [0.1, 0.15) is 64.1 Å². The van der Waals surface area contributed by atoms with Crippen LogP contribution in [0.2, 0.25) is 0 Å². The van der Waals surface area contributed by atoms with E-state index < -0.39 is 5.60 Å². The molecular formula is C18H26N6O2. The molecule has 4 rings (SSSR count). The van der Waals surface area contributed by atoms with Gasteiger partial charge in [0, 0.05) is 25.2 Å². The summed E-state index contributed by atoms with van der Waals surface area (Å²) in [6.45, 7) is 6.92. The van der Waals surface area contributed by atoms with Gasteiger partial charge < -0.3 is 15.4 Å². The molecule has 140 valence electrons. The summed E-state index contributed by atoms with van der Waals surface area (Å²) in [5.74, 6) is 0.954. The van der Waals surface area contributed by atoms with Gasteiger partial charge in [-0.05, 0) is 46.5 Å². The topological polar surface area (TPSA) is 99.2 Å². The number of amides is 1. The van der Waals surface area contributed by atoms with Crippen molar-refractivity contribution in [2.75, 3.05) is 18.8 Å². The van der Waals surface area contributed by atoms with Gasteiger partial charge in [0.2, 0.25) is 0 Å². The Hall–Kier alpha value is -2.38. The van der Waals surface area contributed by atoms with Gasteiger partial charge in [0.15, 0.2) is 17.0 Å². The number of anilines is 1. The number of hydrogen-bond acceptors (Lipinski definition) is 6. The van der Waals surface area contributed by atoms with Gasteiger partial charge in [-0.15, -0.1) is 0 Å². The van der Waals surface area contributed by atoms with E-state index in [1.165, 1.54) is 12.8 Å². The Balaban J connectivity index is 1.51. The maximum Gasteiger partial charge on any atom is 0.410 e. The normalized spacial score (nSPS) is 19.1. The third-order valence-corrected chi connectivity index (χ3v) is 4.91. The SMILES string of the molecule is CC(C)(C)OC(=O)N1CCC(n2nc(N)c3ncc(C4CC4)nc32)CC1. The highest BCUT2D eigenvalue weighted by Crippen LogP contribution is 2.39. The summed E-state index contributed by atoms with van der Waals surface area (Å²) in [7, 11) is 0. The van der Waals surface area contributed by atoms with Crippen LogP contribution >= 0.6 is 0 Å². The highest BCUT2D eigenvalue weighted by atomic mass is 16.6. The fraction of sp³-hybridized carbons (Fsp3) is 0.667. The van der Waals surface area contributed by atoms with Gasteiger partial charge >= 0.3 is 6.09 Å². The number of nitrogens with two attached hydrogens (primary N) is 1. The molecule has 2 N–H and O–H groups in total. The molecule has 0 spiro atoms. The second-order valence-electron chi connectivity index (χ2n) is 8.27. The van der Waals surface area contributed by atoms with E-state index in [1.807, 2.05) is 31.6 Å². The van der Waals surface area contributed by atoms with Gasteiger partial charge in [-0.2, -0.15) is 5.10 Å². The molecule has 1 saturated carbocycles. The molecule has 0 aromatic carbocycles. The number of nitrogen functional groups attached to an aromatic ring is 1. The lowest BCUT2D eigenvalue weighted by atomic mass is 10.1. The number of carbonyl (C=O) groups excluding carboxylic acids is 1. The highest BCUT2D eigenvalue weighted by molar-refractivity contribution is 5.82. The van der Waals surface area contributed by atoms with Crippen molar-refractivity contribution in [2.45, 2.75) is 64.0 Å². The second-order valence-corrected chi connectivity index (χ2v) is 8.27. The van der Waals surface area contributed by atoms with E-state index in [0.717, 1.165) is 24.2 Å². The summed E-state index contributed by atoms with van der Waals surface area (Å²) in [5.41, 5.74) is 8.04. The van der Waals surface area contributed by atoms with E-state index in [4.69, 9.17) is 15.5 Å². The largest absolute Gasteiger partial charge is 0.444 e. The smallest absolute Gasteiger partial charge is 0.410 e. The van der Waals surface area contributed by atoms with Crippen LogP contribution in [0.5, 0.6) is 0 Å². The molecule has 26 heavy (non-hydrogen) atoms. The Morgan fingerprint density at radius 1 is 1.23 bits per heavy atom. The molecule has 2 aromatic rings. The number of rotatable bonds is 2. The lowest BCUT2D eigenvalue weighted by molar-refractivity contribution is 0.0186. The van der Waals surface area contributed by atoms with Crippen molar-refractivity contribution in [3.8, 4) is 0 Å². The van der Waals surface area contributed by atoms with Crippen LogP contribution in [-0.4, -0.2) is 49.4 Å². The Morgan fingerprint density at radius 3 is 2.54 bits per heavy atom. The maximum absolute atomic E-state index is 12.2. The zero-order valence-electron chi connectivity index (χ0n) is 15.6. The molecule has 0 bridgehead atoms. The molecule has 8 heteroatoms. The number of ether oxygens (including phenoxy) is 1. The molecule has 2 aromatic heterocycles. The molecule has 1 saturated heterocycles. The number of aromatic nitrogens is 4. The Bertz CT molecular complexity index is 828. The summed E-state index contributed by atoms with van der Waals surface area (Å²) in [4.78, 5) is 23.3. The molecule has 1 aliphatic heterocycles. The van der Waals surface area contributed by atoms with Crippen LogP contribution in [0.15, 0.2) is 6.20 Å². The molecule has 0 radical (unpaired) electrons. The summed E-state index contributed by atoms with van der Waals surface area (Å²) in [6, 6.07) is 0.164. The summed E-state index contributed by atoms with van der Waals surface area (Å²) in [6.07, 6.45) is 5.52. The van der Waals surface area contributed by atoms with Crippen LogP contribution < -0.4 is 5.73 Å². The van der Waals surface area contributed by atoms with E-state index in [9.17, 15) is 4.79 Å². The predicted molar refractivity (Wildman–Crippen MR) is 97.8 cm³/mol. The molecular weight excluding hydrogens is 332 g/mol. The number of carbonyl (C=O) groups is 1. The van der Waals surface area contributed by atoms with Crippen molar-refractivity contribution in [2.24, 2.45) is 0 Å². The van der Waals surface area contributed by atoms with Gasteiger partial charge in [0.1, 0.15) is 5.60 Å². The molecule has 3 heterocycles. The van der Waals surface area contributed by atoms with Gasteiger partial charge in [-0.1, -0.05) is 0 Å². The Morgan fingerprint density at radius 2 is 1.92 bits per heavy atom. The number of piperidine rings is 1. The van der Waals surface area contributed by atoms with E-state index in [0.29, 0.717) is 30.3 Å². The quantitative estimate of drug-likeness (QED) is 0.886. The third-order valence-electron chi connectivity index (χ3n) is 4.91. The van der Waals surface area contributed by atoms with Crippen molar-refractivity contribution >= 4 is 23.1 Å². The average molecular weight is 358 g/mol. The molecule has 1 amide bonds. The average Bonchev–Trinajstić information content (AvgIpc) is 3.38. The van der Waals surface area contributed by atoms with Crippen LogP contribution in [0.4, 0.5) is 10.6 Å². The number of hydrogen-bond donors (Lipinski definition) is 1. The second kappa shape index (κ2) is 6.10. The molecule has 0 atom stereocenters. The summed E-state index contributed by atoms with van der Waals surface area (Å²) >= 11 is 0. The molecule has 2 aliphatic rings. The van der Waals surface area contributed by atoms with Crippen LogP contribution in [-0.2, 0) is 4.74 Å². The predicted octanol–water partition coefficient (Wildman–Crippen LogP) is 2.86. The summed E-state index contributed by atoms with van der Waals surface area (Å²) in [5, 5.41) is 4.50. The molecule has 2 fully saturated rings. The highest BCUT2D eigenvalue weighted by Gasteiger charge is 2.30.